The van der Waals surface area contributed by atoms with Crippen LogP contribution in [0.25, 0.3) is 0 Å². The Labute approximate surface area is 170 Å². The quantitative estimate of drug-likeness (QED) is 0.346. The van der Waals surface area contributed by atoms with Crippen LogP contribution < -0.4 is 10.1 Å². The highest BCUT2D eigenvalue weighted by atomic mass is 127. The maximum atomic E-state index is 5.53. The summed E-state index contributed by atoms with van der Waals surface area (Å²) in [6.45, 7) is 6.89. The number of ether oxygens (including phenoxy) is 1. The summed E-state index contributed by atoms with van der Waals surface area (Å²) in [5.41, 5.74) is 1.17. The molecule has 0 aliphatic carbocycles. The van der Waals surface area contributed by atoms with Crippen LogP contribution in [-0.4, -0.2) is 63.6 Å². The van der Waals surface area contributed by atoms with Gasteiger partial charge >= 0.3 is 0 Å². The van der Waals surface area contributed by atoms with Crippen LogP contribution in [-0.2, 0) is 0 Å². The van der Waals surface area contributed by atoms with Gasteiger partial charge in [0, 0.05) is 25.7 Å². The molecule has 1 aromatic carbocycles. The Balaban J connectivity index is 0.00000576. The first-order valence-corrected chi connectivity index (χ1v) is 8.83. The molecule has 0 amide bonds. The van der Waals surface area contributed by atoms with Crippen LogP contribution >= 0.6 is 24.0 Å². The SMILES string of the molecule is CCCCN(C)C(=NCC(c1ccccc1OC)N(C)C)NCC.I. The van der Waals surface area contributed by atoms with Crippen molar-refractivity contribution in [2.24, 2.45) is 4.99 Å². The molecule has 1 N–H and O–H groups in total. The van der Waals surface area contributed by atoms with Crippen LogP contribution in [0.15, 0.2) is 29.3 Å². The molecule has 0 saturated carbocycles. The number of benzene rings is 1. The fraction of sp³-hybridized carbons (Fsp3) is 0.632. The highest BCUT2D eigenvalue weighted by molar-refractivity contribution is 14.0. The monoisotopic (exact) mass is 462 g/mol. The van der Waals surface area contributed by atoms with E-state index in [0.717, 1.165) is 24.8 Å². The Morgan fingerprint density at radius 2 is 1.88 bits per heavy atom. The average Bonchev–Trinajstić information content (AvgIpc) is 2.59. The van der Waals surface area contributed by atoms with Crippen molar-refractivity contribution in [2.75, 3.05) is 47.9 Å². The number of guanidine groups is 1. The summed E-state index contributed by atoms with van der Waals surface area (Å²) in [6, 6.07) is 8.35. The number of nitrogens with zero attached hydrogens (tertiary/aromatic N) is 3. The Hall–Kier alpha value is -1.02. The van der Waals surface area contributed by atoms with Gasteiger partial charge in [-0.25, -0.2) is 0 Å². The second-order valence-electron chi connectivity index (χ2n) is 6.19. The number of rotatable bonds is 9. The van der Waals surface area contributed by atoms with Crippen molar-refractivity contribution in [1.82, 2.24) is 15.1 Å². The molecule has 0 aliphatic heterocycles. The second-order valence-corrected chi connectivity index (χ2v) is 6.19. The van der Waals surface area contributed by atoms with Gasteiger partial charge in [0.25, 0.3) is 0 Å². The van der Waals surface area contributed by atoms with E-state index in [1.165, 1.54) is 18.4 Å². The fourth-order valence-corrected chi connectivity index (χ4v) is 2.63. The summed E-state index contributed by atoms with van der Waals surface area (Å²) in [5, 5.41) is 3.39. The highest BCUT2D eigenvalue weighted by Crippen LogP contribution is 2.28. The van der Waals surface area contributed by atoms with Gasteiger partial charge in [0.15, 0.2) is 5.96 Å². The number of unbranched alkanes of at least 4 members (excludes halogenated alkanes) is 1. The number of hydrogen-bond donors (Lipinski definition) is 1. The van der Waals surface area contributed by atoms with Crippen LogP contribution in [0.3, 0.4) is 0 Å². The van der Waals surface area contributed by atoms with E-state index in [-0.39, 0.29) is 30.0 Å². The van der Waals surface area contributed by atoms with Crippen molar-refractivity contribution in [3.8, 4) is 5.75 Å². The van der Waals surface area contributed by atoms with E-state index >= 15 is 0 Å². The molecule has 0 bridgehead atoms. The Bertz CT molecular complexity index is 508. The zero-order chi connectivity index (χ0) is 17.9. The molecule has 6 heteroatoms. The second kappa shape index (κ2) is 13.2. The first kappa shape index (κ1) is 24.0. The highest BCUT2D eigenvalue weighted by Gasteiger charge is 2.18. The minimum atomic E-state index is 0. The van der Waals surface area contributed by atoms with Crippen molar-refractivity contribution in [1.29, 1.82) is 0 Å². The van der Waals surface area contributed by atoms with Crippen molar-refractivity contribution in [3.63, 3.8) is 0 Å². The van der Waals surface area contributed by atoms with Crippen LogP contribution in [0.4, 0.5) is 0 Å². The molecule has 0 saturated heterocycles. The molecule has 0 fully saturated rings. The van der Waals surface area contributed by atoms with E-state index in [1.807, 2.05) is 12.1 Å². The topological polar surface area (TPSA) is 40.1 Å². The number of likely N-dealkylation sites (N-methyl/N-ethyl adjacent to an activating group) is 1. The van der Waals surface area contributed by atoms with Crippen molar-refractivity contribution >= 4 is 29.9 Å². The lowest BCUT2D eigenvalue weighted by molar-refractivity contribution is 0.294. The Morgan fingerprint density at radius 3 is 2.44 bits per heavy atom. The molecule has 0 aromatic heterocycles. The number of para-hydroxylation sites is 1. The van der Waals surface area contributed by atoms with E-state index in [1.54, 1.807) is 7.11 Å². The maximum Gasteiger partial charge on any atom is 0.193 e. The summed E-state index contributed by atoms with van der Waals surface area (Å²) in [6.07, 6.45) is 2.36. The fourth-order valence-electron chi connectivity index (χ4n) is 2.63. The largest absolute Gasteiger partial charge is 0.496 e. The lowest BCUT2D eigenvalue weighted by atomic mass is 10.0. The summed E-state index contributed by atoms with van der Waals surface area (Å²) < 4.78 is 5.53. The molecule has 1 aromatic rings. The summed E-state index contributed by atoms with van der Waals surface area (Å²) in [4.78, 5) is 9.28. The predicted molar refractivity (Wildman–Crippen MR) is 118 cm³/mol. The minimum absolute atomic E-state index is 0. The lowest BCUT2D eigenvalue weighted by Crippen LogP contribution is -2.40. The van der Waals surface area contributed by atoms with Gasteiger partial charge in [-0.1, -0.05) is 31.5 Å². The molecule has 5 nitrogen and oxygen atoms in total. The summed E-state index contributed by atoms with van der Waals surface area (Å²) in [7, 11) is 7.99. The van der Waals surface area contributed by atoms with E-state index in [9.17, 15) is 0 Å². The smallest absolute Gasteiger partial charge is 0.193 e. The Kier molecular flexibility index (Phi) is 12.7. The molecule has 25 heavy (non-hydrogen) atoms. The molecule has 1 rings (SSSR count). The van der Waals surface area contributed by atoms with Gasteiger partial charge in [-0.3, -0.25) is 4.99 Å². The van der Waals surface area contributed by atoms with E-state index < -0.39 is 0 Å². The maximum absolute atomic E-state index is 5.53. The van der Waals surface area contributed by atoms with Gasteiger partial charge in [-0.2, -0.15) is 0 Å². The zero-order valence-electron chi connectivity index (χ0n) is 16.6. The number of methoxy groups -OCH3 is 1. The first-order chi connectivity index (χ1) is 11.5. The van der Waals surface area contributed by atoms with Crippen LogP contribution in [0.2, 0.25) is 0 Å². The summed E-state index contributed by atoms with van der Waals surface area (Å²) in [5.74, 6) is 1.88. The van der Waals surface area contributed by atoms with Crippen molar-refractivity contribution < 1.29 is 4.74 Å². The van der Waals surface area contributed by atoms with E-state index in [0.29, 0.717) is 6.54 Å². The normalized spacial score (nSPS) is 12.5. The number of hydrogen-bond acceptors (Lipinski definition) is 3. The molecule has 0 spiro atoms. The van der Waals surface area contributed by atoms with Gasteiger partial charge in [0.2, 0.25) is 0 Å². The number of nitrogens with one attached hydrogen (secondary N) is 1. The minimum Gasteiger partial charge on any atom is -0.496 e. The lowest BCUT2D eigenvalue weighted by Gasteiger charge is -2.27. The molecular formula is C19H35IN4O. The van der Waals surface area contributed by atoms with E-state index in [2.05, 4.69) is 62.2 Å². The van der Waals surface area contributed by atoms with Gasteiger partial charge in [-0.15, -0.1) is 24.0 Å². The molecule has 144 valence electrons. The van der Waals surface area contributed by atoms with Gasteiger partial charge in [-0.05, 0) is 33.5 Å². The standard InChI is InChI=1S/C19H34N4O.HI/c1-7-9-14-23(5)19(20-8-2)21-15-17(22(3)4)16-12-10-11-13-18(16)24-6;/h10-13,17H,7-9,14-15H2,1-6H3,(H,20,21);1H. The van der Waals surface area contributed by atoms with Gasteiger partial charge < -0.3 is 19.9 Å². The first-order valence-electron chi connectivity index (χ1n) is 8.83. The van der Waals surface area contributed by atoms with Gasteiger partial charge in [0.05, 0.1) is 19.7 Å². The van der Waals surface area contributed by atoms with E-state index in [4.69, 9.17) is 9.73 Å². The molecule has 1 atom stereocenters. The molecule has 1 unspecified atom stereocenters. The van der Waals surface area contributed by atoms with Crippen molar-refractivity contribution in [2.45, 2.75) is 32.7 Å². The Morgan fingerprint density at radius 1 is 1.20 bits per heavy atom. The third-order valence-electron chi connectivity index (χ3n) is 4.08. The van der Waals surface area contributed by atoms with Gasteiger partial charge in [0.1, 0.15) is 5.75 Å². The van der Waals surface area contributed by atoms with Crippen LogP contribution in [0, 0.1) is 0 Å². The average molecular weight is 462 g/mol. The zero-order valence-corrected chi connectivity index (χ0v) is 18.9. The third-order valence-corrected chi connectivity index (χ3v) is 4.08. The third kappa shape index (κ3) is 7.81. The molecular weight excluding hydrogens is 427 g/mol. The van der Waals surface area contributed by atoms with Crippen LogP contribution in [0.1, 0.15) is 38.3 Å². The molecule has 0 heterocycles. The number of halogens is 1. The molecule has 0 radical (unpaired) electrons. The number of aliphatic imine (C=N–C) groups is 1. The summed E-state index contributed by atoms with van der Waals surface area (Å²) >= 11 is 0. The molecule has 0 aliphatic rings. The predicted octanol–water partition coefficient (Wildman–Crippen LogP) is 3.61. The van der Waals surface area contributed by atoms with Crippen LogP contribution in [0.5, 0.6) is 5.75 Å². The van der Waals surface area contributed by atoms with Crippen molar-refractivity contribution in [3.05, 3.63) is 29.8 Å².